The lowest BCUT2D eigenvalue weighted by Crippen LogP contribution is -2.13. The lowest BCUT2D eigenvalue weighted by atomic mass is 10.2. The highest BCUT2D eigenvalue weighted by Gasteiger charge is 2.08. The van der Waals surface area contributed by atoms with Crippen molar-refractivity contribution in [3.63, 3.8) is 0 Å². The zero-order valence-corrected chi connectivity index (χ0v) is 23.2. The van der Waals surface area contributed by atoms with Crippen molar-refractivity contribution >= 4 is 63.0 Å². The predicted octanol–water partition coefficient (Wildman–Crippen LogP) is 6.63. The summed E-state index contributed by atoms with van der Waals surface area (Å²) in [6, 6.07) is 26.5. The van der Waals surface area contributed by atoms with Gasteiger partial charge in [-0.3, -0.25) is 9.59 Å². The van der Waals surface area contributed by atoms with E-state index in [0.29, 0.717) is 61.9 Å². The van der Waals surface area contributed by atoms with Gasteiger partial charge in [0, 0.05) is 40.3 Å². The number of fused-ring (bicyclic) bond motifs is 4. The summed E-state index contributed by atoms with van der Waals surface area (Å²) >= 11 is 3.20. The van der Waals surface area contributed by atoms with E-state index in [1.165, 1.54) is 0 Å². The number of benzene rings is 4. The molecule has 8 heteroatoms. The molecule has 0 unspecified atom stereocenters. The molecule has 0 aliphatic heterocycles. The Kier molecular flexibility index (Phi) is 8.02. The third-order valence-electron chi connectivity index (χ3n) is 6.46. The van der Waals surface area contributed by atoms with E-state index in [1.807, 2.05) is 72.8 Å². The molecule has 0 bridgehead atoms. The SMILES string of the molecule is O=c1c2ccccc2sc2ccc(OCCOCCOCCOc3ccc4sc5ccccc5c(=O)c4c3)cc12. The Bertz CT molecular complexity index is 1790. The molecule has 0 atom stereocenters. The van der Waals surface area contributed by atoms with Crippen molar-refractivity contribution in [2.45, 2.75) is 0 Å². The maximum Gasteiger partial charge on any atom is 0.196 e. The molecule has 0 saturated heterocycles. The first-order chi connectivity index (χ1) is 19.7. The molecule has 6 rings (SSSR count). The summed E-state index contributed by atoms with van der Waals surface area (Å²) < 4.78 is 26.6. The largest absolute Gasteiger partial charge is 0.491 e. The van der Waals surface area contributed by atoms with Gasteiger partial charge in [0.05, 0.1) is 26.4 Å². The van der Waals surface area contributed by atoms with Gasteiger partial charge in [0.2, 0.25) is 0 Å². The fraction of sp³-hybridized carbons (Fsp3) is 0.188. The van der Waals surface area contributed by atoms with Gasteiger partial charge >= 0.3 is 0 Å². The van der Waals surface area contributed by atoms with E-state index >= 15 is 0 Å². The number of hydrogen-bond donors (Lipinski definition) is 0. The van der Waals surface area contributed by atoms with Crippen LogP contribution < -0.4 is 20.3 Å². The van der Waals surface area contributed by atoms with Gasteiger partial charge in [-0.25, -0.2) is 0 Å². The molecule has 0 radical (unpaired) electrons. The van der Waals surface area contributed by atoms with Crippen molar-refractivity contribution in [3.05, 3.63) is 105 Å². The smallest absolute Gasteiger partial charge is 0.196 e. The van der Waals surface area contributed by atoms with Crippen LogP contribution in [0.5, 0.6) is 11.5 Å². The van der Waals surface area contributed by atoms with Crippen molar-refractivity contribution in [1.29, 1.82) is 0 Å². The van der Waals surface area contributed by atoms with Gasteiger partial charge < -0.3 is 18.9 Å². The highest BCUT2D eigenvalue weighted by atomic mass is 32.1. The molecule has 2 heterocycles. The topological polar surface area (TPSA) is 71.1 Å². The average molecular weight is 571 g/mol. The van der Waals surface area contributed by atoms with Crippen LogP contribution in [0.1, 0.15) is 0 Å². The Balaban J connectivity index is 0.908. The molecule has 0 amide bonds. The highest BCUT2D eigenvalue weighted by molar-refractivity contribution is 7.24. The van der Waals surface area contributed by atoms with Gasteiger partial charge in [-0.2, -0.15) is 0 Å². The first kappa shape index (κ1) is 26.4. The van der Waals surface area contributed by atoms with Gasteiger partial charge in [0.25, 0.3) is 0 Å². The first-order valence-corrected chi connectivity index (χ1v) is 14.6. The second-order valence-electron chi connectivity index (χ2n) is 9.09. The molecule has 0 spiro atoms. The lowest BCUT2D eigenvalue weighted by molar-refractivity contribution is 0.0274. The Morgan fingerprint density at radius 2 is 0.850 bits per heavy atom. The van der Waals surface area contributed by atoms with E-state index < -0.39 is 0 Å². The monoisotopic (exact) mass is 570 g/mol. The van der Waals surface area contributed by atoms with E-state index in [0.717, 1.165) is 29.6 Å². The predicted molar refractivity (Wildman–Crippen MR) is 164 cm³/mol. The number of rotatable bonds is 11. The molecule has 0 fully saturated rings. The van der Waals surface area contributed by atoms with Crippen LogP contribution in [0.4, 0.5) is 0 Å². The van der Waals surface area contributed by atoms with Gasteiger partial charge in [-0.1, -0.05) is 24.3 Å². The maximum absolute atomic E-state index is 12.8. The van der Waals surface area contributed by atoms with Crippen LogP contribution in [-0.2, 0) is 9.47 Å². The zero-order valence-electron chi connectivity index (χ0n) is 21.6. The summed E-state index contributed by atoms with van der Waals surface area (Å²) in [5, 5.41) is 2.80. The average Bonchev–Trinajstić information content (AvgIpc) is 2.99. The summed E-state index contributed by atoms with van der Waals surface area (Å²) in [6.45, 7) is 2.44. The molecular weight excluding hydrogens is 544 g/mol. The lowest BCUT2D eigenvalue weighted by Gasteiger charge is -2.10. The summed E-state index contributed by atoms with van der Waals surface area (Å²) in [5.41, 5.74) is 0.0501. The van der Waals surface area contributed by atoms with Crippen LogP contribution in [0.2, 0.25) is 0 Å². The van der Waals surface area contributed by atoms with Gasteiger partial charge in [0.15, 0.2) is 10.9 Å². The molecule has 0 N–H and O–H groups in total. The van der Waals surface area contributed by atoms with Crippen LogP contribution in [0, 0.1) is 0 Å². The minimum absolute atomic E-state index is 0.0251. The van der Waals surface area contributed by atoms with Crippen molar-refractivity contribution in [3.8, 4) is 11.5 Å². The molecular formula is C32H26O6S2. The standard InChI is InChI=1S/C32H26O6S2/c33-31-23-5-1-3-7-27(23)39-29-11-9-21(19-25(29)31)37-17-15-35-13-14-36-16-18-38-22-10-12-30-26(20-22)32(34)24-6-2-4-8-28(24)40-30/h1-12,19-20H,13-18H2. The van der Waals surface area contributed by atoms with Crippen LogP contribution in [0.25, 0.3) is 40.3 Å². The van der Waals surface area contributed by atoms with Crippen molar-refractivity contribution in [1.82, 2.24) is 0 Å². The zero-order chi connectivity index (χ0) is 27.3. The minimum atomic E-state index is 0.0251. The van der Waals surface area contributed by atoms with Gasteiger partial charge in [-0.15, -0.1) is 22.7 Å². The maximum atomic E-state index is 12.8. The molecule has 4 aromatic carbocycles. The molecule has 0 aliphatic carbocycles. The molecule has 6 nitrogen and oxygen atoms in total. The van der Waals surface area contributed by atoms with Gasteiger partial charge in [0.1, 0.15) is 24.7 Å². The van der Waals surface area contributed by atoms with Crippen molar-refractivity contribution in [2.75, 3.05) is 39.6 Å². The fourth-order valence-corrected chi connectivity index (χ4v) is 6.61. The van der Waals surface area contributed by atoms with E-state index in [2.05, 4.69) is 0 Å². The van der Waals surface area contributed by atoms with E-state index in [1.54, 1.807) is 34.8 Å². The summed E-state index contributed by atoms with van der Waals surface area (Å²) in [4.78, 5) is 25.7. The van der Waals surface area contributed by atoms with Crippen molar-refractivity contribution in [2.24, 2.45) is 0 Å². The summed E-state index contributed by atoms with van der Waals surface area (Å²) in [6.07, 6.45) is 0. The van der Waals surface area contributed by atoms with Gasteiger partial charge in [-0.05, 0) is 60.7 Å². The third-order valence-corrected chi connectivity index (χ3v) is 8.76. The molecule has 40 heavy (non-hydrogen) atoms. The minimum Gasteiger partial charge on any atom is -0.491 e. The van der Waals surface area contributed by atoms with E-state index in [9.17, 15) is 9.59 Å². The Morgan fingerprint density at radius 1 is 0.450 bits per heavy atom. The third kappa shape index (κ3) is 5.71. The van der Waals surface area contributed by atoms with Crippen LogP contribution in [0.3, 0.4) is 0 Å². The summed E-state index contributed by atoms with van der Waals surface area (Å²) in [5.74, 6) is 1.30. The number of hydrogen-bond acceptors (Lipinski definition) is 8. The second-order valence-corrected chi connectivity index (χ2v) is 11.3. The normalized spacial score (nSPS) is 11.5. The fourth-order valence-electron chi connectivity index (χ4n) is 4.50. The highest BCUT2D eigenvalue weighted by Crippen LogP contribution is 2.28. The van der Waals surface area contributed by atoms with E-state index in [4.69, 9.17) is 18.9 Å². The van der Waals surface area contributed by atoms with Crippen LogP contribution in [-0.4, -0.2) is 39.6 Å². The number of ether oxygens (including phenoxy) is 4. The van der Waals surface area contributed by atoms with Crippen molar-refractivity contribution < 1.29 is 18.9 Å². The Hall–Kier alpha value is -3.82. The molecule has 2 aromatic heterocycles. The Morgan fingerprint density at radius 3 is 1.32 bits per heavy atom. The quantitative estimate of drug-likeness (QED) is 0.129. The summed E-state index contributed by atoms with van der Waals surface area (Å²) in [7, 11) is 0. The first-order valence-electron chi connectivity index (χ1n) is 13.0. The van der Waals surface area contributed by atoms with E-state index in [-0.39, 0.29) is 10.9 Å². The second kappa shape index (κ2) is 12.1. The van der Waals surface area contributed by atoms with Crippen LogP contribution >= 0.6 is 22.7 Å². The molecule has 0 saturated carbocycles. The molecule has 0 aliphatic rings. The van der Waals surface area contributed by atoms with Crippen LogP contribution in [0.15, 0.2) is 94.5 Å². The Labute approximate surface area is 237 Å². The molecule has 6 aromatic rings. The molecule has 202 valence electrons.